The van der Waals surface area contributed by atoms with Gasteiger partial charge in [0.25, 0.3) is 0 Å². The van der Waals surface area contributed by atoms with E-state index in [0.29, 0.717) is 26.1 Å². The van der Waals surface area contributed by atoms with Crippen molar-refractivity contribution in [2.45, 2.75) is 33.3 Å². The minimum absolute atomic E-state index is 0.0118. The third-order valence-electron chi connectivity index (χ3n) is 4.23. The SMILES string of the molecule is CCOC(CN)CCN1C(=O)C2C(C1=O)C2(C)C. The summed E-state index contributed by atoms with van der Waals surface area (Å²) in [5, 5.41) is 0. The van der Waals surface area contributed by atoms with Crippen molar-refractivity contribution in [1.29, 1.82) is 0 Å². The smallest absolute Gasteiger partial charge is 0.233 e. The van der Waals surface area contributed by atoms with Crippen molar-refractivity contribution >= 4 is 11.8 Å². The number of carbonyl (C=O) groups is 2. The summed E-state index contributed by atoms with van der Waals surface area (Å²) in [4.78, 5) is 25.5. The molecule has 2 rings (SSSR count). The van der Waals surface area contributed by atoms with Crippen LogP contribution >= 0.6 is 0 Å². The summed E-state index contributed by atoms with van der Waals surface area (Å²) in [5.41, 5.74) is 5.45. The van der Waals surface area contributed by atoms with E-state index in [-0.39, 0.29) is 35.2 Å². The number of likely N-dealkylation sites (tertiary alicyclic amines) is 1. The monoisotopic (exact) mass is 254 g/mol. The molecule has 0 spiro atoms. The molecule has 0 radical (unpaired) electrons. The number of fused-ring (bicyclic) bond motifs is 1. The second-order valence-corrected chi connectivity index (χ2v) is 5.71. The van der Waals surface area contributed by atoms with Gasteiger partial charge in [-0.25, -0.2) is 0 Å². The molecule has 5 heteroatoms. The first-order chi connectivity index (χ1) is 8.45. The Hall–Kier alpha value is -0.940. The molecule has 0 aromatic heterocycles. The molecule has 1 saturated heterocycles. The second kappa shape index (κ2) is 4.63. The van der Waals surface area contributed by atoms with Gasteiger partial charge in [0.05, 0.1) is 17.9 Å². The van der Waals surface area contributed by atoms with Gasteiger partial charge in [-0.15, -0.1) is 0 Å². The Morgan fingerprint density at radius 1 is 1.33 bits per heavy atom. The molecule has 0 aromatic rings. The van der Waals surface area contributed by atoms with Gasteiger partial charge in [-0.05, 0) is 18.8 Å². The van der Waals surface area contributed by atoms with E-state index in [1.165, 1.54) is 4.90 Å². The number of piperidine rings is 1. The largest absolute Gasteiger partial charge is 0.377 e. The first-order valence-electron chi connectivity index (χ1n) is 6.62. The fraction of sp³-hybridized carbons (Fsp3) is 0.846. The van der Waals surface area contributed by atoms with Crippen LogP contribution in [0.4, 0.5) is 0 Å². The van der Waals surface area contributed by atoms with Crippen LogP contribution in [0.15, 0.2) is 0 Å². The quantitative estimate of drug-likeness (QED) is 0.696. The van der Waals surface area contributed by atoms with E-state index in [1.54, 1.807) is 0 Å². The van der Waals surface area contributed by atoms with Crippen LogP contribution in [-0.4, -0.2) is 42.5 Å². The van der Waals surface area contributed by atoms with E-state index >= 15 is 0 Å². The topological polar surface area (TPSA) is 72.6 Å². The Balaban J connectivity index is 1.89. The van der Waals surface area contributed by atoms with E-state index in [2.05, 4.69) is 0 Å². The van der Waals surface area contributed by atoms with Crippen molar-refractivity contribution in [1.82, 2.24) is 4.90 Å². The van der Waals surface area contributed by atoms with E-state index in [0.717, 1.165) is 0 Å². The molecule has 2 aliphatic rings. The lowest BCUT2D eigenvalue weighted by molar-refractivity contribution is -0.143. The summed E-state index contributed by atoms with van der Waals surface area (Å²) >= 11 is 0. The molecule has 2 amide bonds. The zero-order valence-electron chi connectivity index (χ0n) is 11.3. The van der Waals surface area contributed by atoms with Crippen molar-refractivity contribution in [3.8, 4) is 0 Å². The number of amides is 2. The lowest BCUT2D eigenvalue weighted by atomic mass is 10.1. The number of hydrogen-bond donors (Lipinski definition) is 1. The molecule has 5 nitrogen and oxygen atoms in total. The van der Waals surface area contributed by atoms with Crippen molar-refractivity contribution in [2.24, 2.45) is 23.0 Å². The van der Waals surface area contributed by atoms with Crippen molar-refractivity contribution in [2.75, 3.05) is 19.7 Å². The maximum atomic E-state index is 12.1. The molecule has 2 fully saturated rings. The summed E-state index contributed by atoms with van der Waals surface area (Å²) in [5.74, 6) is -0.202. The number of nitrogens with two attached hydrogens (primary N) is 1. The first kappa shape index (κ1) is 13.5. The average molecular weight is 254 g/mol. The average Bonchev–Trinajstić information content (AvgIpc) is 2.78. The highest BCUT2D eigenvalue weighted by atomic mass is 16.5. The Bertz CT molecular complexity index is 343. The van der Waals surface area contributed by atoms with Gasteiger partial charge in [-0.3, -0.25) is 14.5 Å². The van der Waals surface area contributed by atoms with Gasteiger partial charge in [0.2, 0.25) is 11.8 Å². The van der Waals surface area contributed by atoms with Gasteiger partial charge in [0.15, 0.2) is 0 Å². The zero-order chi connectivity index (χ0) is 13.5. The molecule has 1 heterocycles. The highest BCUT2D eigenvalue weighted by Crippen LogP contribution is 2.63. The molecule has 0 bridgehead atoms. The number of imide groups is 1. The number of hydrogen-bond acceptors (Lipinski definition) is 4. The maximum absolute atomic E-state index is 12.1. The molecule has 18 heavy (non-hydrogen) atoms. The molecule has 1 saturated carbocycles. The number of nitrogens with zero attached hydrogens (tertiary/aromatic N) is 1. The third-order valence-corrected chi connectivity index (χ3v) is 4.23. The summed E-state index contributed by atoms with van der Waals surface area (Å²) in [6.07, 6.45) is 0.558. The predicted octanol–water partition coefficient (Wildman–Crippen LogP) is 0.381. The second-order valence-electron chi connectivity index (χ2n) is 5.71. The van der Waals surface area contributed by atoms with Crippen LogP contribution in [0.5, 0.6) is 0 Å². The van der Waals surface area contributed by atoms with E-state index in [9.17, 15) is 9.59 Å². The van der Waals surface area contributed by atoms with Gasteiger partial charge < -0.3 is 10.5 Å². The van der Waals surface area contributed by atoms with Gasteiger partial charge in [-0.2, -0.15) is 0 Å². The number of carbonyl (C=O) groups excluding carboxylic acids is 2. The molecule has 0 aromatic carbocycles. The van der Waals surface area contributed by atoms with Crippen LogP contribution in [0, 0.1) is 17.3 Å². The molecule has 1 aliphatic heterocycles. The molecule has 3 atom stereocenters. The maximum Gasteiger partial charge on any atom is 0.233 e. The third kappa shape index (κ3) is 1.95. The van der Waals surface area contributed by atoms with Crippen LogP contribution in [-0.2, 0) is 14.3 Å². The molecule has 2 N–H and O–H groups in total. The molecular weight excluding hydrogens is 232 g/mol. The Labute approximate surface area is 108 Å². The van der Waals surface area contributed by atoms with E-state index < -0.39 is 0 Å². The predicted molar refractivity (Wildman–Crippen MR) is 66.6 cm³/mol. The van der Waals surface area contributed by atoms with Crippen LogP contribution in [0.2, 0.25) is 0 Å². The lowest BCUT2D eigenvalue weighted by Gasteiger charge is -2.23. The zero-order valence-corrected chi connectivity index (χ0v) is 11.3. The standard InChI is InChI=1S/C13H22N2O3/c1-4-18-8(7-14)5-6-15-11(16)9-10(12(15)17)13(9,2)3/h8-10H,4-7,14H2,1-3H3. The highest BCUT2D eigenvalue weighted by Gasteiger charge is 2.72. The Morgan fingerprint density at radius 2 is 1.89 bits per heavy atom. The van der Waals surface area contributed by atoms with E-state index in [1.807, 2.05) is 20.8 Å². The Kier molecular flexibility index (Phi) is 3.47. The number of rotatable bonds is 6. The molecular formula is C13H22N2O3. The molecule has 3 unspecified atom stereocenters. The van der Waals surface area contributed by atoms with Gasteiger partial charge in [-0.1, -0.05) is 13.8 Å². The van der Waals surface area contributed by atoms with Crippen molar-refractivity contribution in [3.05, 3.63) is 0 Å². The van der Waals surface area contributed by atoms with E-state index in [4.69, 9.17) is 10.5 Å². The fourth-order valence-corrected chi connectivity index (χ4v) is 3.00. The van der Waals surface area contributed by atoms with Crippen LogP contribution < -0.4 is 5.73 Å². The van der Waals surface area contributed by atoms with Crippen LogP contribution in [0.1, 0.15) is 27.2 Å². The minimum atomic E-state index is -0.127. The van der Waals surface area contributed by atoms with Crippen LogP contribution in [0.25, 0.3) is 0 Å². The molecule has 102 valence electrons. The van der Waals surface area contributed by atoms with Gasteiger partial charge >= 0.3 is 0 Å². The Morgan fingerprint density at radius 3 is 2.33 bits per heavy atom. The van der Waals surface area contributed by atoms with Crippen LogP contribution in [0.3, 0.4) is 0 Å². The molecule has 1 aliphatic carbocycles. The fourth-order valence-electron chi connectivity index (χ4n) is 3.00. The van der Waals surface area contributed by atoms with Crippen molar-refractivity contribution in [3.63, 3.8) is 0 Å². The first-order valence-corrected chi connectivity index (χ1v) is 6.62. The summed E-state index contributed by atoms with van der Waals surface area (Å²) < 4.78 is 5.43. The lowest BCUT2D eigenvalue weighted by Crippen LogP contribution is -2.39. The normalized spacial score (nSPS) is 30.6. The van der Waals surface area contributed by atoms with Gasteiger partial charge in [0.1, 0.15) is 0 Å². The summed E-state index contributed by atoms with van der Waals surface area (Å²) in [6.45, 7) is 7.33. The van der Waals surface area contributed by atoms with Gasteiger partial charge in [0, 0.05) is 19.7 Å². The summed E-state index contributed by atoms with van der Waals surface area (Å²) in [6, 6.07) is 0. The summed E-state index contributed by atoms with van der Waals surface area (Å²) in [7, 11) is 0. The van der Waals surface area contributed by atoms with Crippen molar-refractivity contribution < 1.29 is 14.3 Å². The highest BCUT2D eigenvalue weighted by molar-refractivity contribution is 6.10. The minimum Gasteiger partial charge on any atom is -0.377 e. The number of ether oxygens (including phenoxy) is 1.